The van der Waals surface area contributed by atoms with Crippen LogP contribution >= 0.6 is 0 Å². The fraction of sp³-hybridized carbons (Fsp3) is 0.906. The zero-order chi connectivity index (χ0) is 42.3. The fourth-order valence-electron chi connectivity index (χ4n) is 8.22. The summed E-state index contributed by atoms with van der Waals surface area (Å²) >= 11 is 0. The molecule has 3 unspecified atom stereocenters. The molecule has 0 aliphatic rings. The molecule has 0 aromatic carbocycles. The molecule has 0 aliphatic heterocycles. The van der Waals surface area contributed by atoms with Crippen LogP contribution in [0.2, 0.25) is 0 Å². The van der Waals surface area contributed by atoms with Crippen molar-refractivity contribution in [1.29, 1.82) is 0 Å². The number of allylic oxidation sites excluding steroid dienone is 4. The van der Waals surface area contributed by atoms with Crippen molar-refractivity contribution in [3.05, 3.63) is 24.3 Å². The first-order valence-electron chi connectivity index (χ1n) is 26.1. The van der Waals surface area contributed by atoms with Gasteiger partial charge in [0, 0.05) is 6.42 Å². The number of aliphatic hydroxyl groups excluding tert-OH is 3. The van der Waals surface area contributed by atoms with Gasteiger partial charge in [0.15, 0.2) is 0 Å². The number of carbonyl (C=O) groups excluding carboxylic acids is 1. The molecule has 0 radical (unpaired) electrons. The smallest absolute Gasteiger partial charge is 0.220 e. The second kappa shape index (κ2) is 48.5. The molecule has 0 aliphatic carbocycles. The van der Waals surface area contributed by atoms with Crippen LogP contribution in [0.15, 0.2) is 24.3 Å². The Labute approximate surface area is 362 Å². The molecule has 5 heteroatoms. The van der Waals surface area contributed by atoms with Gasteiger partial charge in [0.2, 0.25) is 5.91 Å². The predicted octanol–water partition coefficient (Wildman–Crippen LogP) is 15.7. The number of hydrogen-bond acceptors (Lipinski definition) is 4. The number of unbranched alkanes of at least 4 members (excludes halogenated alkanes) is 36. The highest BCUT2D eigenvalue weighted by Gasteiger charge is 2.26. The Hall–Kier alpha value is -1.17. The summed E-state index contributed by atoms with van der Waals surface area (Å²) in [5.74, 6) is -0.152. The van der Waals surface area contributed by atoms with Gasteiger partial charge in [-0.15, -0.1) is 0 Å². The highest BCUT2D eigenvalue weighted by molar-refractivity contribution is 5.76. The Morgan fingerprint density at radius 2 is 0.690 bits per heavy atom. The van der Waals surface area contributed by atoms with Crippen molar-refractivity contribution in [1.82, 2.24) is 5.32 Å². The molecule has 344 valence electrons. The van der Waals surface area contributed by atoms with Crippen LogP contribution in [0.4, 0.5) is 0 Å². The quantitative estimate of drug-likeness (QED) is 0.0364. The summed E-state index contributed by atoms with van der Waals surface area (Å²) in [4.78, 5) is 12.5. The zero-order valence-corrected chi connectivity index (χ0v) is 39.2. The van der Waals surface area contributed by atoms with Crippen molar-refractivity contribution >= 4 is 5.91 Å². The van der Waals surface area contributed by atoms with Crippen LogP contribution in [0, 0.1) is 0 Å². The Morgan fingerprint density at radius 1 is 0.414 bits per heavy atom. The lowest BCUT2D eigenvalue weighted by atomic mass is 10.0. The minimum atomic E-state index is -1.16. The lowest BCUT2D eigenvalue weighted by Gasteiger charge is -2.26. The summed E-state index contributed by atoms with van der Waals surface area (Å²) in [6.07, 6.45) is 60.3. The van der Waals surface area contributed by atoms with E-state index < -0.39 is 18.2 Å². The molecular weight excluding hydrogens is 715 g/mol. The number of carbonyl (C=O) groups is 1. The molecule has 0 bridgehead atoms. The van der Waals surface area contributed by atoms with Crippen LogP contribution in [0.5, 0.6) is 0 Å². The van der Waals surface area contributed by atoms with Crippen LogP contribution in [-0.4, -0.2) is 46.1 Å². The molecule has 5 nitrogen and oxygen atoms in total. The Kier molecular flexibility index (Phi) is 47.5. The maximum atomic E-state index is 12.5. The predicted molar refractivity (Wildman–Crippen MR) is 255 cm³/mol. The van der Waals surface area contributed by atoms with E-state index in [4.69, 9.17) is 0 Å². The molecule has 0 heterocycles. The third-order valence-electron chi connectivity index (χ3n) is 12.3. The maximum absolute atomic E-state index is 12.5. The standard InChI is InChI=1S/C53H103NO4/c1-3-5-7-9-11-13-15-17-19-21-22-23-24-25-26-27-28-29-30-32-34-36-38-40-42-44-46-48-52(57)54-50(49-55)53(58)51(56)47-45-43-41-39-37-35-33-31-20-18-16-14-12-10-8-6-4-2/h25-26,39,41,50-51,53,55-56,58H,3-24,27-38,40,42-49H2,1-2H3,(H,54,57)/b26-25-,41-39+. The van der Waals surface area contributed by atoms with Gasteiger partial charge in [0.25, 0.3) is 0 Å². The van der Waals surface area contributed by atoms with Crippen molar-refractivity contribution in [2.45, 2.75) is 302 Å². The summed E-state index contributed by atoms with van der Waals surface area (Å²) in [5.41, 5.74) is 0. The molecule has 0 aromatic rings. The highest BCUT2D eigenvalue weighted by atomic mass is 16.3. The number of rotatable bonds is 48. The van der Waals surface area contributed by atoms with Gasteiger partial charge in [-0.25, -0.2) is 0 Å². The van der Waals surface area contributed by atoms with Gasteiger partial charge in [-0.2, -0.15) is 0 Å². The van der Waals surface area contributed by atoms with Crippen molar-refractivity contribution in [2.75, 3.05) is 6.61 Å². The second-order valence-corrected chi connectivity index (χ2v) is 18.1. The van der Waals surface area contributed by atoms with E-state index in [2.05, 4.69) is 43.5 Å². The van der Waals surface area contributed by atoms with Gasteiger partial charge < -0.3 is 20.6 Å². The number of nitrogens with one attached hydrogen (secondary N) is 1. The third-order valence-corrected chi connectivity index (χ3v) is 12.3. The molecule has 0 fully saturated rings. The third kappa shape index (κ3) is 42.9. The van der Waals surface area contributed by atoms with E-state index in [0.29, 0.717) is 12.8 Å². The molecule has 1 amide bonds. The number of aliphatic hydroxyl groups is 3. The lowest BCUT2D eigenvalue weighted by Crippen LogP contribution is -2.50. The summed E-state index contributed by atoms with van der Waals surface area (Å²) in [6, 6.07) is -0.825. The molecule has 58 heavy (non-hydrogen) atoms. The summed E-state index contributed by atoms with van der Waals surface area (Å²) in [7, 11) is 0. The molecular formula is C53H103NO4. The van der Waals surface area contributed by atoms with Crippen LogP contribution in [0.3, 0.4) is 0 Å². The second-order valence-electron chi connectivity index (χ2n) is 18.1. The van der Waals surface area contributed by atoms with Crippen LogP contribution in [0.25, 0.3) is 0 Å². The van der Waals surface area contributed by atoms with E-state index in [0.717, 1.165) is 38.5 Å². The Balaban J connectivity index is 3.56. The van der Waals surface area contributed by atoms with Gasteiger partial charge in [0.05, 0.1) is 18.8 Å². The monoisotopic (exact) mass is 818 g/mol. The van der Waals surface area contributed by atoms with E-state index in [1.165, 1.54) is 218 Å². The minimum absolute atomic E-state index is 0.152. The molecule has 3 atom stereocenters. The van der Waals surface area contributed by atoms with Crippen molar-refractivity contribution in [3.63, 3.8) is 0 Å². The lowest BCUT2D eigenvalue weighted by molar-refractivity contribution is -0.124. The molecule has 0 saturated carbocycles. The van der Waals surface area contributed by atoms with E-state index in [-0.39, 0.29) is 12.5 Å². The van der Waals surface area contributed by atoms with Gasteiger partial charge in [0.1, 0.15) is 6.10 Å². The van der Waals surface area contributed by atoms with E-state index in [1.807, 2.05) is 0 Å². The highest BCUT2D eigenvalue weighted by Crippen LogP contribution is 2.16. The average molecular weight is 818 g/mol. The van der Waals surface area contributed by atoms with Crippen LogP contribution < -0.4 is 5.32 Å². The van der Waals surface area contributed by atoms with E-state index in [1.54, 1.807) is 0 Å². The van der Waals surface area contributed by atoms with Gasteiger partial charge in [-0.05, 0) is 64.2 Å². The number of amides is 1. The van der Waals surface area contributed by atoms with Gasteiger partial charge >= 0.3 is 0 Å². The van der Waals surface area contributed by atoms with Crippen molar-refractivity contribution < 1.29 is 20.1 Å². The Bertz CT molecular complexity index is 859. The van der Waals surface area contributed by atoms with Gasteiger partial charge in [-0.3, -0.25) is 4.79 Å². The van der Waals surface area contributed by atoms with Crippen molar-refractivity contribution in [2.24, 2.45) is 0 Å². The first-order chi connectivity index (χ1) is 28.6. The molecule has 0 saturated heterocycles. The minimum Gasteiger partial charge on any atom is -0.394 e. The first kappa shape index (κ1) is 56.8. The van der Waals surface area contributed by atoms with E-state index in [9.17, 15) is 20.1 Å². The summed E-state index contributed by atoms with van der Waals surface area (Å²) < 4.78 is 0. The van der Waals surface area contributed by atoms with Crippen LogP contribution in [-0.2, 0) is 4.79 Å². The SMILES string of the molecule is CCCCCCCCCCCCCC/C=C\CCCCCCCCCCCCCC(=O)NC(CO)C(O)C(O)CCC/C=C/CCCCCCCCCCCCCC. The average Bonchev–Trinajstić information content (AvgIpc) is 3.23. The fourth-order valence-corrected chi connectivity index (χ4v) is 8.22. The first-order valence-corrected chi connectivity index (χ1v) is 26.1. The summed E-state index contributed by atoms with van der Waals surface area (Å²) in [5, 5.41) is 33.6. The zero-order valence-electron chi connectivity index (χ0n) is 39.2. The Morgan fingerprint density at radius 3 is 1.00 bits per heavy atom. The van der Waals surface area contributed by atoms with E-state index >= 15 is 0 Å². The molecule has 0 aromatic heterocycles. The van der Waals surface area contributed by atoms with Gasteiger partial charge in [-0.1, -0.05) is 237 Å². The normalized spacial score (nSPS) is 13.5. The summed E-state index contributed by atoms with van der Waals surface area (Å²) in [6.45, 7) is 4.19. The number of hydrogen-bond donors (Lipinski definition) is 4. The molecule has 4 N–H and O–H groups in total. The maximum Gasteiger partial charge on any atom is 0.220 e. The molecule has 0 rings (SSSR count). The topological polar surface area (TPSA) is 89.8 Å². The largest absolute Gasteiger partial charge is 0.394 e. The molecule has 0 spiro atoms. The van der Waals surface area contributed by atoms with Crippen LogP contribution in [0.1, 0.15) is 284 Å². The van der Waals surface area contributed by atoms with Crippen molar-refractivity contribution in [3.8, 4) is 0 Å².